The molecule has 0 unspecified atom stereocenters. The van der Waals surface area contributed by atoms with Crippen LogP contribution >= 0.6 is 0 Å². The van der Waals surface area contributed by atoms with E-state index in [0.29, 0.717) is 34.6 Å². The Morgan fingerprint density at radius 3 is 2.61 bits per heavy atom. The quantitative estimate of drug-likeness (QED) is 0.385. The van der Waals surface area contributed by atoms with Crippen LogP contribution in [-0.2, 0) is 24.1 Å². The third kappa shape index (κ3) is 4.78. The molecule has 3 heterocycles. The van der Waals surface area contributed by atoms with Gasteiger partial charge in [-0.15, -0.1) is 0 Å². The second-order valence-corrected chi connectivity index (χ2v) is 9.75. The molecule has 2 aromatic heterocycles. The van der Waals surface area contributed by atoms with Crippen LogP contribution in [0.15, 0.2) is 39.8 Å². The first-order valence-corrected chi connectivity index (χ1v) is 12.2. The minimum Gasteiger partial charge on any atom is -0.487 e. The zero-order chi connectivity index (χ0) is 25.3. The van der Waals surface area contributed by atoms with E-state index < -0.39 is 0 Å². The lowest BCUT2D eigenvalue weighted by Crippen LogP contribution is -2.36. The molecular formula is C27H29N3O6. The Balaban J connectivity index is 1.29. The van der Waals surface area contributed by atoms with Crippen molar-refractivity contribution in [2.24, 2.45) is 0 Å². The number of rotatable bonds is 7. The van der Waals surface area contributed by atoms with Gasteiger partial charge in [-0.25, -0.2) is 4.79 Å². The van der Waals surface area contributed by atoms with Gasteiger partial charge in [-0.1, -0.05) is 0 Å². The molecule has 0 saturated carbocycles. The van der Waals surface area contributed by atoms with E-state index >= 15 is 0 Å². The maximum absolute atomic E-state index is 12.7. The number of carbonyl (C=O) groups excluding carboxylic acids is 2. The molecule has 1 aliphatic carbocycles. The standard InChI is InChI=1S/C27H29N3O6/c1-27(2)9-6-19-20(36-27)14-21(23-17-4-3-5-18(17)26(33)35-24(19)23)34-15-22(31)29-12-13-30-25(32)16-7-10-28-11-8-16/h7-8,10-11,14H,3-6,9,12-13,15H2,1-2H3,(H,29,31)(H,30,32). The molecule has 1 aliphatic heterocycles. The maximum atomic E-state index is 12.7. The van der Waals surface area contributed by atoms with Crippen molar-refractivity contribution in [3.05, 3.63) is 63.3 Å². The average molecular weight is 492 g/mol. The van der Waals surface area contributed by atoms with Gasteiger partial charge < -0.3 is 24.5 Å². The van der Waals surface area contributed by atoms with E-state index in [9.17, 15) is 14.4 Å². The lowest BCUT2D eigenvalue weighted by molar-refractivity contribution is -0.123. The number of aromatic nitrogens is 1. The number of ether oxygens (including phenoxy) is 2. The molecule has 0 fully saturated rings. The molecule has 0 atom stereocenters. The predicted octanol–water partition coefficient (Wildman–Crippen LogP) is 2.71. The van der Waals surface area contributed by atoms with Gasteiger partial charge in [0.05, 0.1) is 5.39 Å². The molecule has 0 saturated heterocycles. The molecule has 36 heavy (non-hydrogen) atoms. The Kier molecular flexibility index (Phi) is 6.38. The molecule has 5 rings (SSSR count). The van der Waals surface area contributed by atoms with Gasteiger partial charge in [-0.3, -0.25) is 14.6 Å². The topological polar surface area (TPSA) is 120 Å². The van der Waals surface area contributed by atoms with E-state index in [1.165, 1.54) is 0 Å². The number of nitrogens with zero attached hydrogens (tertiary/aromatic N) is 1. The minimum absolute atomic E-state index is 0.219. The third-order valence-corrected chi connectivity index (χ3v) is 6.67. The highest BCUT2D eigenvalue weighted by atomic mass is 16.5. The van der Waals surface area contributed by atoms with Gasteiger partial charge in [0, 0.05) is 48.2 Å². The van der Waals surface area contributed by atoms with E-state index in [4.69, 9.17) is 13.9 Å². The van der Waals surface area contributed by atoms with Gasteiger partial charge in [0.2, 0.25) is 0 Å². The van der Waals surface area contributed by atoms with E-state index in [1.54, 1.807) is 24.5 Å². The van der Waals surface area contributed by atoms with Crippen LogP contribution in [-0.4, -0.2) is 42.1 Å². The minimum atomic E-state index is -0.354. The van der Waals surface area contributed by atoms with Crippen LogP contribution < -0.4 is 25.7 Å². The van der Waals surface area contributed by atoms with Crippen LogP contribution in [0.3, 0.4) is 0 Å². The highest BCUT2D eigenvalue weighted by Crippen LogP contribution is 2.44. The zero-order valence-electron chi connectivity index (χ0n) is 20.4. The first-order valence-electron chi connectivity index (χ1n) is 12.2. The molecule has 188 valence electrons. The SMILES string of the molecule is CC1(C)CCc2c(cc(OCC(=O)NCCNC(=O)c3ccncc3)c3c4c(c(=O)oc23)CCC4)O1. The normalized spacial score (nSPS) is 15.5. The Hall–Kier alpha value is -3.88. The number of fused-ring (bicyclic) bond motifs is 5. The lowest BCUT2D eigenvalue weighted by atomic mass is 9.91. The zero-order valence-corrected chi connectivity index (χ0v) is 20.4. The van der Waals surface area contributed by atoms with E-state index in [0.717, 1.165) is 42.2 Å². The second-order valence-electron chi connectivity index (χ2n) is 9.75. The first-order chi connectivity index (χ1) is 17.3. The Bertz CT molecular complexity index is 1380. The molecule has 2 N–H and O–H groups in total. The summed E-state index contributed by atoms with van der Waals surface area (Å²) in [6.07, 6.45) is 6.95. The number of amides is 2. The molecule has 9 heteroatoms. The molecule has 0 bridgehead atoms. The summed E-state index contributed by atoms with van der Waals surface area (Å²) < 4.78 is 18.0. The largest absolute Gasteiger partial charge is 0.487 e. The van der Waals surface area contributed by atoms with Crippen molar-refractivity contribution >= 4 is 22.8 Å². The number of aryl methyl sites for hydroxylation is 2. The number of pyridine rings is 1. The van der Waals surface area contributed by atoms with Gasteiger partial charge >= 0.3 is 5.63 Å². The summed E-state index contributed by atoms with van der Waals surface area (Å²) in [6.45, 7) is 4.34. The summed E-state index contributed by atoms with van der Waals surface area (Å²) in [7, 11) is 0. The van der Waals surface area contributed by atoms with Crippen LogP contribution in [0.4, 0.5) is 0 Å². The van der Waals surface area contributed by atoms with Gasteiger partial charge in [0.1, 0.15) is 22.7 Å². The fourth-order valence-electron chi connectivity index (χ4n) is 4.84. The summed E-state index contributed by atoms with van der Waals surface area (Å²) in [5.41, 5.74) is 2.87. The molecule has 9 nitrogen and oxygen atoms in total. The monoisotopic (exact) mass is 491 g/mol. The molecular weight excluding hydrogens is 462 g/mol. The van der Waals surface area contributed by atoms with Crippen LogP contribution in [0.5, 0.6) is 11.5 Å². The number of carbonyl (C=O) groups is 2. The van der Waals surface area contributed by atoms with Crippen LogP contribution in [0.2, 0.25) is 0 Å². The van der Waals surface area contributed by atoms with Crippen LogP contribution in [0.25, 0.3) is 11.0 Å². The second kappa shape index (κ2) is 9.64. The Morgan fingerprint density at radius 1 is 1.06 bits per heavy atom. The highest BCUT2D eigenvalue weighted by Gasteiger charge is 2.32. The van der Waals surface area contributed by atoms with Crippen molar-refractivity contribution < 1.29 is 23.5 Å². The van der Waals surface area contributed by atoms with Crippen LogP contribution in [0, 0.1) is 0 Å². The molecule has 0 spiro atoms. The fraction of sp³-hybridized carbons (Fsp3) is 0.407. The van der Waals surface area contributed by atoms with E-state index in [-0.39, 0.29) is 42.7 Å². The van der Waals surface area contributed by atoms with E-state index in [2.05, 4.69) is 15.6 Å². The average Bonchev–Trinajstić information content (AvgIpc) is 3.35. The fourth-order valence-corrected chi connectivity index (χ4v) is 4.84. The summed E-state index contributed by atoms with van der Waals surface area (Å²) in [5.74, 6) is 0.537. The van der Waals surface area contributed by atoms with Crippen molar-refractivity contribution in [2.75, 3.05) is 19.7 Å². The Morgan fingerprint density at radius 2 is 1.81 bits per heavy atom. The summed E-state index contributed by atoms with van der Waals surface area (Å²) >= 11 is 0. The van der Waals surface area contributed by atoms with Crippen molar-refractivity contribution in [3.8, 4) is 11.5 Å². The third-order valence-electron chi connectivity index (χ3n) is 6.67. The molecule has 2 aliphatic rings. The van der Waals surface area contributed by atoms with Crippen molar-refractivity contribution in [1.29, 1.82) is 0 Å². The number of hydrogen-bond acceptors (Lipinski definition) is 7. The van der Waals surface area contributed by atoms with Gasteiger partial charge in [0.25, 0.3) is 11.8 Å². The van der Waals surface area contributed by atoms with Gasteiger partial charge in [0.15, 0.2) is 6.61 Å². The Labute approximate surface area is 208 Å². The van der Waals surface area contributed by atoms with Crippen molar-refractivity contribution in [3.63, 3.8) is 0 Å². The van der Waals surface area contributed by atoms with Crippen molar-refractivity contribution in [2.45, 2.75) is 51.6 Å². The summed E-state index contributed by atoms with van der Waals surface area (Å²) in [4.78, 5) is 41.1. The number of hydrogen-bond donors (Lipinski definition) is 2. The van der Waals surface area contributed by atoms with E-state index in [1.807, 2.05) is 19.9 Å². The summed E-state index contributed by atoms with van der Waals surface area (Å²) in [5, 5.41) is 6.26. The first kappa shape index (κ1) is 23.8. The predicted molar refractivity (Wildman–Crippen MR) is 133 cm³/mol. The van der Waals surface area contributed by atoms with Crippen LogP contribution in [0.1, 0.15) is 53.7 Å². The summed E-state index contributed by atoms with van der Waals surface area (Å²) in [6, 6.07) is 5.06. The maximum Gasteiger partial charge on any atom is 0.339 e. The molecule has 0 radical (unpaired) electrons. The molecule has 3 aromatic rings. The lowest BCUT2D eigenvalue weighted by Gasteiger charge is -2.33. The van der Waals surface area contributed by atoms with Gasteiger partial charge in [-0.05, 0) is 63.6 Å². The smallest absolute Gasteiger partial charge is 0.339 e. The highest BCUT2D eigenvalue weighted by molar-refractivity contribution is 5.94. The number of benzene rings is 1. The number of nitrogens with one attached hydrogen (secondary N) is 2. The molecule has 2 amide bonds. The van der Waals surface area contributed by atoms with Gasteiger partial charge in [-0.2, -0.15) is 0 Å². The van der Waals surface area contributed by atoms with Crippen molar-refractivity contribution in [1.82, 2.24) is 15.6 Å². The molecule has 1 aromatic carbocycles.